The summed E-state index contributed by atoms with van der Waals surface area (Å²) in [7, 11) is 0. The Kier molecular flexibility index (Phi) is 9.88. The van der Waals surface area contributed by atoms with Crippen LogP contribution >= 0.6 is 35.0 Å². The second-order valence-corrected chi connectivity index (χ2v) is 8.50. The SMILES string of the molecule is CSCCC(NC(=O)c1ccc(Cl)cc1Cl)C(=O)NCC(C)N1CCOCC1. The third-order valence-corrected chi connectivity index (χ3v) is 5.84. The molecule has 0 saturated carbocycles. The fourth-order valence-electron chi connectivity index (χ4n) is 2.93. The first-order valence-electron chi connectivity index (χ1n) is 9.26. The summed E-state index contributed by atoms with van der Waals surface area (Å²) in [5.41, 5.74) is 0.301. The number of ether oxygens (including phenoxy) is 1. The quantitative estimate of drug-likeness (QED) is 0.608. The Morgan fingerprint density at radius 1 is 1.29 bits per heavy atom. The van der Waals surface area contributed by atoms with Crippen molar-refractivity contribution in [1.82, 2.24) is 15.5 Å². The number of halogens is 2. The second-order valence-electron chi connectivity index (χ2n) is 6.67. The summed E-state index contributed by atoms with van der Waals surface area (Å²) in [6, 6.07) is 4.26. The number of hydrogen-bond acceptors (Lipinski definition) is 5. The van der Waals surface area contributed by atoms with Crippen molar-refractivity contribution in [3.63, 3.8) is 0 Å². The molecule has 1 aliphatic rings. The van der Waals surface area contributed by atoms with E-state index in [1.165, 1.54) is 6.07 Å². The average molecular weight is 448 g/mol. The van der Waals surface area contributed by atoms with Crippen molar-refractivity contribution in [3.05, 3.63) is 33.8 Å². The Bertz CT molecular complexity index is 672. The molecule has 1 aromatic carbocycles. The van der Waals surface area contributed by atoms with Crippen LogP contribution in [0.1, 0.15) is 23.7 Å². The first-order chi connectivity index (χ1) is 13.4. The topological polar surface area (TPSA) is 70.7 Å². The first kappa shape index (κ1) is 23.3. The third-order valence-electron chi connectivity index (χ3n) is 4.65. The monoisotopic (exact) mass is 447 g/mol. The van der Waals surface area contributed by atoms with Crippen LogP contribution < -0.4 is 10.6 Å². The van der Waals surface area contributed by atoms with E-state index in [4.69, 9.17) is 27.9 Å². The summed E-state index contributed by atoms with van der Waals surface area (Å²) in [4.78, 5) is 27.6. The first-order valence-corrected chi connectivity index (χ1v) is 11.4. The molecule has 2 unspecified atom stereocenters. The number of nitrogens with zero attached hydrogens (tertiary/aromatic N) is 1. The zero-order chi connectivity index (χ0) is 20.5. The average Bonchev–Trinajstić information content (AvgIpc) is 2.69. The molecule has 2 atom stereocenters. The van der Waals surface area contributed by atoms with E-state index in [-0.39, 0.29) is 22.9 Å². The summed E-state index contributed by atoms with van der Waals surface area (Å²) < 4.78 is 5.36. The normalized spacial score (nSPS) is 17.0. The molecule has 9 heteroatoms. The molecule has 0 spiro atoms. The number of carbonyl (C=O) groups excluding carboxylic acids is 2. The van der Waals surface area contributed by atoms with E-state index < -0.39 is 6.04 Å². The van der Waals surface area contributed by atoms with Gasteiger partial charge < -0.3 is 15.4 Å². The highest BCUT2D eigenvalue weighted by molar-refractivity contribution is 7.98. The Morgan fingerprint density at radius 2 is 2.00 bits per heavy atom. The molecule has 1 aliphatic heterocycles. The zero-order valence-corrected chi connectivity index (χ0v) is 18.5. The molecule has 28 heavy (non-hydrogen) atoms. The van der Waals surface area contributed by atoms with E-state index in [0.29, 0.717) is 36.8 Å². The lowest BCUT2D eigenvalue weighted by molar-refractivity contribution is -0.123. The Balaban J connectivity index is 1.94. The summed E-state index contributed by atoms with van der Waals surface area (Å²) in [6.45, 7) is 5.75. The van der Waals surface area contributed by atoms with Gasteiger partial charge in [-0.25, -0.2) is 0 Å². The minimum Gasteiger partial charge on any atom is -0.379 e. The highest BCUT2D eigenvalue weighted by Crippen LogP contribution is 2.21. The van der Waals surface area contributed by atoms with Crippen molar-refractivity contribution >= 4 is 46.8 Å². The van der Waals surface area contributed by atoms with Crippen molar-refractivity contribution in [1.29, 1.82) is 0 Å². The number of carbonyl (C=O) groups is 2. The van der Waals surface area contributed by atoms with Crippen LogP contribution in [0.5, 0.6) is 0 Å². The Morgan fingerprint density at radius 3 is 2.64 bits per heavy atom. The van der Waals surface area contributed by atoms with Crippen molar-refractivity contribution in [2.24, 2.45) is 0 Å². The minimum atomic E-state index is -0.622. The highest BCUT2D eigenvalue weighted by atomic mass is 35.5. The van der Waals surface area contributed by atoms with Gasteiger partial charge in [-0.15, -0.1) is 0 Å². The van der Waals surface area contributed by atoms with Gasteiger partial charge >= 0.3 is 0 Å². The van der Waals surface area contributed by atoms with Crippen molar-refractivity contribution in [3.8, 4) is 0 Å². The summed E-state index contributed by atoms with van der Waals surface area (Å²) in [6.07, 6.45) is 2.50. The maximum absolute atomic E-state index is 12.7. The van der Waals surface area contributed by atoms with E-state index in [1.54, 1.807) is 23.9 Å². The van der Waals surface area contributed by atoms with Crippen LogP contribution in [0.25, 0.3) is 0 Å². The maximum Gasteiger partial charge on any atom is 0.253 e. The number of rotatable bonds is 9. The van der Waals surface area contributed by atoms with E-state index >= 15 is 0 Å². The van der Waals surface area contributed by atoms with E-state index in [9.17, 15) is 9.59 Å². The van der Waals surface area contributed by atoms with Crippen molar-refractivity contribution in [2.45, 2.75) is 25.4 Å². The van der Waals surface area contributed by atoms with Gasteiger partial charge in [0.1, 0.15) is 6.04 Å². The lowest BCUT2D eigenvalue weighted by Gasteiger charge is -2.32. The number of benzene rings is 1. The molecule has 0 aliphatic carbocycles. The van der Waals surface area contributed by atoms with Gasteiger partial charge in [-0.3, -0.25) is 14.5 Å². The number of morpholine rings is 1. The van der Waals surface area contributed by atoms with E-state index in [2.05, 4.69) is 22.5 Å². The van der Waals surface area contributed by atoms with Gasteiger partial charge in [0.15, 0.2) is 0 Å². The van der Waals surface area contributed by atoms with Gasteiger partial charge in [-0.2, -0.15) is 11.8 Å². The molecule has 6 nitrogen and oxygen atoms in total. The predicted octanol–water partition coefficient (Wildman–Crippen LogP) is 2.68. The molecule has 156 valence electrons. The van der Waals surface area contributed by atoms with Crippen LogP contribution in [-0.4, -0.2) is 73.7 Å². The number of hydrogen-bond donors (Lipinski definition) is 2. The smallest absolute Gasteiger partial charge is 0.253 e. The van der Waals surface area contributed by atoms with Gasteiger partial charge in [0, 0.05) is 30.7 Å². The fourth-order valence-corrected chi connectivity index (χ4v) is 3.90. The third kappa shape index (κ3) is 7.12. The fraction of sp³-hybridized carbons (Fsp3) is 0.579. The predicted molar refractivity (Wildman–Crippen MR) is 116 cm³/mol. The number of amides is 2. The molecule has 2 amide bonds. The van der Waals surface area contributed by atoms with E-state index in [1.807, 2.05) is 6.26 Å². The summed E-state index contributed by atoms with van der Waals surface area (Å²) in [5, 5.41) is 6.49. The van der Waals surface area contributed by atoms with Gasteiger partial charge in [0.2, 0.25) is 5.91 Å². The van der Waals surface area contributed by atoms with Crippen LogP contribution in [0.2, 0.25) is 10.0 Å². The van der Waals surface area contributed by atoms with Gasteiger partial charge in [0.25, 0.3) is 5.91 Å². The molecule has 2 rings (SSSR count). The largest absolute Gasteiger partial charge is 0.379 e. The maximum atomic E-state index is 12.7. The zero-order valence-electron chi connectivity index (χ0n) is 16.2. The lowest BCUT2D eigenvalue weighted by Crippen LogP contribution is -2.51. The van der Waals surface area contributed by atoms with Crippen LogP contribution in [0.15, 0.2) is 18.2 Å². The molecule has 1 saturated heterocycles. The molecule has 0 bridgehead atoms. The molecule has 1 aromatic rings. The van der Waals surface area contributed by atoms with Crippen molar-refractivity contribution in [2.75, 3.05) is 44.9 Å². The minimum absolute atomic E-state index is 0.187. The standard InChI is InChI=1S/C19H27Cl2N3O3S/c1-13(24-6-8-27-9-7-24)12-22-19(26)17(5-10-28-2)23-18(25)15-4-3-14(20)11-16(15)21/h3-4,11,13,17H,5-10,12H2,1-2H3,(H,22,26)(H,23,25). The number of nitrogens with one attached hydrogen (secondary N) is 2. The molecule has 1 fully saturated rings. The second kappa shape index (κ2) is 11.9. The van der Waals surface area contributed by atoms with Crippen LogP contribution in [-0.2, 0) is 9.53 Å². The van der Waals surface area contributed by atoms with Crippen molar-refractivity contribution < 1.29 is 14.3 Å². The molecular formula is C19H27Cl2N3O3S. The van der Waals surface area contributed by atoms with Gasteiger partial charge in [-0.05, 0) is 43.6 Å². The van der Waals surface area contributed by atoms with E-state index in [0.717, 1.165) is 18.8 Å². The number of thioether (sulfide) groups is 1. The molecular weight excluding hydrogens is 421 g/mol. The molecule has 0 radical (unpaired) electrons. The van der Waals surface area contributed by atoms with Gasteiger partial charge in [0.05, 0.1) is 23.8 Å². The summed E-state index contributed by atoms with van der Waals surface area (Å²) in [5.74, 6) is 0.183. The van der Waals surface area contributed by atoms with Crippen LogP contribution in [0.4, 0.5) is 0 Å². The van der Waals surface area contributed by atoms with Crippen LogP contribution in [0, 0.1) is 0 Å². The Hall–Kier alpha value is -0.990. The van der Waals surface area contributed by atoms with Crippen LogP contribution in [0.3, 0.4) is 0 Å². The molecule has 0 aromatic heterocycles. The Labute approximate surface area is 180 Å². The van der Waals surface area contributed by atoms with Gasteiger partial charge in [-0.1, -0.05) is 23.2 Å². The molecule has 2 N–H and O–H groups in total. The highest BCUT2D eigenvalue weighted by Gasteiger charge is 2.24. The molecule has 1 heterocycles. The summed E-state index contributed by atoms with van der Waals surface area (Å²) >= 11 is 13.6. The lowest BCUT2D eigenvalue weighted by atomic mass is 10.1.